The molecule has 3 aliphatic heterocycles. The second kappa shape index (κ2) is 8.88. The van der Waals surface area contributed by atoms with Gasteiger partial charge in [0.05, 0.1) is 17.1 Å². The zero-order valence-corrected chi connectivity index (χ0v) is 20.3. The molecule has 3 aliphatic rings. The van der Waals surface area contributed by atoms with Crippen LogP contribution in [0.2, 0.25) is 0 Å². The minimum Gasteiger partial charge on any atom is -0.295 e. The van der Waals surface area contributed by atoms with E-state index in [-0.39, 0.29) is 23.2 Å². The van der Waals surface area contributed by atoms with Crippen molar-refractivity contribution in [2.24, 2.45) is 0 Å². The first kappa shape index (κ1) is 21.9. The van der Waals surface area contributed by atoms with Crippen molar-refractivity contribution in [1.82, 2.24) is 25.1 Å². The highest BCUT2D eigenvalue weighted by Gasteiger charge is 2.39. The third-order valence-corrected chi connectivity index (χ3v) is 8.42. The molecule has 7 nitrogen and oxygen atoms in total. The van der Waals surface area contributed by atoms with Crippen molar-refractivity contribution in [3.05, 3.63) is 64.4 Å². The van der Waals surface area contributed by atoms with Gasteiger partial charge >= 0.3 is 0 Å². The zero-order chi connectivity index (χ0) is 23.2. The van der Waals surface area contributed by atoms with E-state index in [1.165, 1.54) is 16.7 Å². The SMILES string of the molecule is O=C1CCC(N2Cc3cc(CN4CC=C(c5ncnc6sccc56)CC4)ccc3C2S)C(=O)N1. The Labute approximate surface area is 207 Å². The number of hydrogen-bond acceptors (Lipinski definition) is 8. The van der Waals surface area contributed by atoms with Gasteiger partial charge in [0.15, 0.2) is 0 Å². The number of piperidine rings is 1. The highest BCUT2D eigenvalue weighted by molar-refractivity contribution is 7.80. The molecule has 0 aliphatic carbocycles. The Balaban J connectivity index is 1.14. The number of nitrogens with one attached hydrogen (secondary N) is 1. The Morgan fingerprint density at radius 2 is 2.09 bits per heavy atom. The van der Waals surface area contributed by atoms with Crippen LogP contribution in [0.3, 0.4) is 0 Å². The molecule has 6 rings (SSSR count). The predicted molar refractivity (Wildman–Crippen MR) is 135 cm³/mol. The molecule has 0 saturated carbocycles. The van der Waals surface area contributed by atoms with Crippen molar-refractivity contribution in [3.8, 4) is 0 Å². The van der Waals surface area contributed by atoms with Crippen molar-refractivity contribution in [2.45, 2.75) is 43.8 Å². The van der Waals surface area contributed by atoms with Crippen LogP contribution in [0, 0.1) is 0 Å². The largest absolute Gasteiger partial charge is 0.295 e. The fourth-order valence-corrected chi connectivity index (χ4v) is 6.49. The number of thiophene rings is 1. The van der Waals surface area contributed by atoms with Gasteiger partial charge in [0.1, 0.15) is 11.2 Å². The van der Waals surface area contributed by atoms with Gasteiger partial charge in [-0.2, -0.15) is 12.6 Å². The van der Waals surface area contributed by atoms with Crippen LogP contribution in [-0.2, 0) is 22.7 Å². The van der Waals surface area contributed by atoms with E-state index < -0.39 is 0 Å². The van der Waals surface area contributed by atoms with Crippen molar-refractivity contribution in [2.75, 3.05) is 13.1 Å². The number of fused-ring (bicyclic) bond motifs is 2. The number of carbonyl (C=O) groups is 2. The van der Waals surface area contributed by atoms with Crippen LogP contribution in [-0.4, -0.2) is 50.7 Å². The lowest BCUT2D eigenvalue weighted by molar-refractivity contribution is -0.137. The van der Waals surface area contributed by atoms with E-state index in [1.807, 2.05) is 0 Å². The number of rotatable bonds is 4. The summed E-state index contributed by atoms with van der Waals surface area (Å²) in [5.74, 6) is -0.392. The Morgan fingerprint density at radius 1 is 1.18 bits per heavy atom. The summed E-state index contributed by atoms with van der Waals surface area (Å²) in [6.07, 6.45) is 5.86. The topological polar surface area (TPSA) is 78.4 Å². The van der Waals surface area contributed by atoms with E-state index in [4.69, 9.17) is 12.6 Å². The summed E-state index contributed by atoms with van der Waals surface area (Å²) in [6, 6.07) is 8.38. The van der Waals surface area contributed by atoms with Crippen LogP contribution in [0.5, 0.6) is 0 Å². The Hall–Kier alpha value is -2.59. The Bertz CT molecular complexity index is 1320. The summed E-state index contributed by atoms with van der Waals surface area (Å²) in [5.41, 5.74) is 6.01. The summed E-state index contributed by atoms with van der Waals surface area (Å²) in [4.78, 5) is 38.4. The van der Waals surface area contributed by atoms with Gasteiger partial charge in [-0.1, -0.05) is 24.3 Å². The van der Waals surface area contributed by atoms with Gasteiger partial charge in [0.25, 0.3) is 0 Å². The van der Waals surface area contributed by atoms with Crippen LogP contribution in [0.25, 0.3) is 15.8 Å². The third kappa shape index (κ3) is 3.96. The third-order valence-electron chi connectivity index (χ3n) is 7.03. The van der Waals surface area contributed by atoms with Gasteiger partial charge in [-0.05, 0) is 46.6 Å². The number of benzene rings is 1. The highest BCUT2D eigenvalue weighted by Crippen LogP contribution is 2.39. The molecular weight excluding hydrogens is 466 g/mol. The number of imide groups is 1. The molecule has 5 heterocycles. The predicted octanol–water partition coefficient (Wildman–Crippen LogP) is 3.53. The van der Waals surface area contributed by atoms with E-state index >= 15 is 0 Å². The van der Waals surface area contributed by atoms with Crippen molar-refractivity contribution < 1.29 is 9.59 Å². The van der Waals surface area contributed by atoms with E-state index in [2.05, 4.69) is 60.8 Å². The van der Waals surface area contributed by atoms with Gasteiger partial charge in [-0.25, -0.2) is 9.97 Å². The summed E-state index contributed by atoms with van der Waals surface area (Å²) >= 11 is 6.46. The molecule has 2 unspecified atom stereocenters. The molecule has 1 saturated heterocycles. The smallest absolute Gasteiger partial charge is 0.243 e. The number of amides is 2. The molecule has 1 aromatic carbocycles. The number of hydrogen-bond donors (Lipinski definition) is 2. The molecule has 0 bridgehead atoms. The molecule has 0 spiro atoms. The van der Waals surface area contributed by atoms with Crippen molar-refractivity contribution >= 4 is 51.6 Å². The molecule has 2 aromatic heterocycles. The maximum Gasteiger partial charge on any atom is 0.243 e. The molecule has 3 aromatic rings. The molecule has 1 fully saturated rings. The highest BCUT2D eigenvalue weighted by atomic mass is 32.1. The van der Waals surface area contributed by atoms with Gasteiger partial charge < -0.3 is 0 Å². The Kier molecular flexibility index (Phi) is 5.73. The van der Waals surface area contributed by atoms with E-state index in [0.29, 0.717) is 19.4 Å². The average molecular weight is 492 g/mol. The number of carbonyl (C=O) groups excluding carboxylic acids is 2. The maximum absolute atomic E-state index is 12.4. The molecule has 2 amide bonds. The minimum absolute atomic E-state index is 0.129. The molecule has 2 atom stereocenters. The van der Waals surface area contributed by atoms with E-state index in [1.54, 1.807) is 17.7 Å². The van der Waals surface area contributed by atoms with Crippen LogP contribution < -0.4 is 5.32 Å². The van der Waals surface area contributed by atoms with Crippen LogP contribution >= 0.6 is 24.0 Å². The van der Waals surface area contributed by atoms with E-state index in [9.17, 15) is 9.59 Å². The van der Waals surface area contributed by atoms with Gasteiger partial charge in [0.2, 0.25) is 11.8 Å². The van der Waals surface area contributed by atoms with Crippen LogP contribution in [0.15, 0.2) is 42.0 Å². The molecule has 34 heavy (non-hydrogen) atoms. The molecular formula is C25H25N5O2S2. The molecule has 0 radical (unpaired) electrons. The van der Waals surface area contributed by atoms with Crippen LogP contribution in [0.1, 0.15) is 47.0 Å². The van der Waals surface area contributed by atoms with Gasteiger partial charge in [0, 0.05) is 38.0 Å². The summed E-state index contributed by atoms with van der Waals surface area (Å²) in [6.45, 7) is 3.43. The molecule has 174 valence electrons. The van der Waals surface area contributed by atoms with Crippen LogP contribution in [0.4, 0.5) is 0 Å². The first-order chi connectivity index (χ1) is 16.6. The minimum atomic E-state index is -0.307. The summed E-state index contributed by atoms with van der Waals surface area (Å²) in [5, 5.41) is 5.56. The molecule has 1 N–H and O–H groups in total. The number of aromatic nitrogens is 2. The lowest BCUT2D eigenvalue weighted by Gasteiger charge is -2.32. The quantitative estimate of drug-likeness (QED) is 0.430. The first-order valence-electron chi connectivity index (χ1n) is 11.6. The Morgan fingerprint density at radius 3 is 2.91 bits per heavy atom. The number of thiol groups is 1. The van der Waals surface area contributed by atoms with Gasteiger partial charge in [-0.15, -0.1) is 11.3 Å². The fraction of sp³-hybridized carbons (Fsp3) is 0.360. The van der Waals surface area contributed by atoms with Gasteiger partial charge in [-0.3, -0.25) is 24.7 Å². The fourth-order valence-electron chi connectivity index (χ4n) is 5.26. The molecule has 9 heteroatoms. The second-order valence-corrected chi connectivity index (χ2v) is 10.5. The number of nitrogens with zero attached hydrogens (tertiary/aromatic N) is 4. The monoisotopic (exact) mass is 491 g/mol. The maximum atomic E-state index is 12.4. The lowest BCUT2D eigenvalue weighted by atomic mass is 10.0. The summed E-state index contributed by atoms with van der Waals surface area (Å²) in [7, 11) is 0. The van der Waals surface area contributed by atoms with E-state index in [0.717, 1.165) is 47.5 Å². The standard InChI is InChI=1S/C25H25N5O2S2/c31-21-4-3-20(23(32)28-21)30-13-17-11-15(1-2-18(17)25(30)33)12-29-8-5-16(6-9-29)22-19-7-10-34-24(19)27-14-26-22/h1-2,5,7,10-11,14,20,25,33H,3-4,6,8-9,12-13H2,(H,28,31,32). The normalized spacial score (nSPS) is 23.7. The second-order valence-electron chi connectivity index (χ2n) is 9.12. The van der Waals surface area contributed by atoms with Crippen molar-refractivity contribution in [3.63, 3.8) is 0 Å². The summed E-state index contributed by atoms with van der Waals surface area (Å²) < 4.78 is 0. The first-order valence-corrected chi connectivity index (χ1v) is 13.0. The zero-order valence-electron chi connectivity index (χ0n) is 18.6. The lowest BCUT2D eigenvalue weighted by Crippen LogP contribution is -2.51. The van der Waals surface area contributed by atoms with Crippen molar-refractivity contribution in [1.29, 1.82) is 0 Å². The average Bonchev–Trinajstić information content (AvgIpc) is 3.44.